The Morgan fingerprint density at radius 2 is 2.00 bits per heavy atom. The summed E-state index contributed by atoms with van der Waals surface area (Å²) in [4.78, 5) is 5.45. The maximum atomic E-state index is 12.8. The van der Waals surface area contributed by atoms with E-state index < -0.39 is 5.95 Å². The van der Waals surface area contributed by atoms with E-state index in [1.807, 2.05) is 4.90 Å². The Balaban J connectivity index is 2.85. The first-order valence-corrected chi connectivity index (χ1v) is 4.36. The van der Waals surface area contributed by atoms with Crippen LogP contribution in [0.15, 0.2) is 43.6 Å². The van der Waals surface area contributed by atoms with Gasteiger partial charge in [-0.05, 0) is 6.07 Å². The minimum atomic E-state index is -0.472. The highest BCUT2D eigenvalue weighted by Crippen LogP contribution is 2.13. The van der Waals surface area contributed by atoms with Crippen LogP contribution in [0, 0.1) is 5.95 Å². The molecule has 0 aliphatic rings. The molecule has 0 aromatic carbocycles. The zero-order valence-corrected chi connectivity index (χ0v) is 7.99. The minimum Gasteiger partial charge on any atom is -0.364 e. The highest BCUT2D eigenvalue weighted by atomic mass is 19.1. The number of anilines is 1. The lowest BCUT2D eigenvalue weighted by Gasteiger charge is -2.21. The topological polar surface area (TPSA) is 16.1 Å². The third-order valence-electron chi connectivity index (χ3n) is 1.77. The van der Waals surface area contributed by atoms with Crippen molar-refractivity contribution in [3.05, 3.63) is 49.6 Å². The summed E-state index contributed by atoms with van der Waals surface area (Å²) in [5, 5.41) is 0. The fraction of sp³-hybridized carbons (Fsp3) is 0.182. The van der Waals surface area contributed by atoms with Crippen LogP contribution in [-0.4, -0.2) is 18.1 Å². The molecular weight excluding hydrogens is 179 g/mol. The summed E-state index contributed by atoms with van der Waals surface area (Å²) in [6.45, 7) is 8.62. The van der Waals surface area contributed by atoms with E-state index in [0.29, 0.717) is 13.1 Å². The summed E-state index contributed by atoms with van der Waals surface area (Å²) in [7, 11) is 0. The van der Waals surface area contributed by atoms with E-state index in [2.05, 4.69) is 18.1 Å². The van der Waals surface area contributed by atoms with Crippen LogP contribution in [0.3, 0.4) is 0 Å². The number of rotatable bonds is 5. The predicted molar refractivity (Wildman–Crippen MR) is 56.8 cm³/mol. The first-order valence-electron chi connectivity index (χ1n) is 4.36. The molecule has 0 fully saturated rings. The molecule has 0 saturated carbocycles. The number of halogens is 1. The van der Waals surface area contributed by atoms with Crippen molar-refractivity contribution in [2.24, 2.45) is 0 Å². The SMILES string of the molecule is C=CCN(CC=C)c1ccnc(F)c1. The van der Waals surface area contributed by atoms with Crippen LogP contribution in [0.5, 0.6) is 0 Å². The van der Waals surface area contributed by atoms with Gasteiger partial charge in [0.25, 0.3) is 0 Å². The third kappa shape index (κ3) is 2.69. The Bertz CT molecular complexity index is 313. The molecule has 14 heavy (non-hydrogen) atoms. The molecule has 0 N–H and O–H groups in total. The quantitative estimate of drug-likeness (QED) is 0.526. The van der Waals surface area contributed by atoms with Gasteiger partial charge in [0.1, 0.15) is 0 Å². The van der Waals surface area contributed by atoms with Crippen LogP contribution in [0.2, 0.25) is 0 Å². The standard InChI is InChI=1S/C11H13FN2/c1-3-7-14(8-4-2)10-5-6-13-11(12)9-10/h3-6,9H,1-2,7-8H2. The van der Waals surface area contributed by atoms with E-state index in [4.69, 9.17) is 0 Å². The van der Waals surface area contributed by atoms with Crippen molar-refractivity contribution in [1.29, 1.82) is 0 Å². The van der Waals surface area contributed by atoms with Gasteiger partial charge in [0.2, 0.25) is 5.95 Å². The molecule has 0 radical (unpaired) electrons. The fourth-order valence-electron chi connectivity index (χ4n) is 1.19. The monoisotopic (exact) mass is 192 g/mol. The van der Waals surface area contributed by atoms with Gasteiger partial charge >= 0.3 is 0 Å². The summed E-state index contributed by atoms with van der Waals surface area (Å²) in [5.41, 5.74) is 0.789. The fourth-order valence-corrected chi connectivity index (χ4v) is 1.19. The zero-order chi connectivity index (χ0) is 10.4. The molecule has 0 unspecified atom stereocenters. The van der Waals surface area contributed by atoms with Gasteiger partial charge in [0, 0.05) is 31.0 Å². The zero-order valence-electron chi connectivity index (χ0n) is 7.99. The normalized spacial score (nSPS) is 9.50. The molecule has 0 saturated heterocycles. The van der Waals surface area contributed by atoms with Crippen molar-refractivity contribution in [3.63, 3.8) is 0 Å². The molecule has 0 atom stereocenters. The first-order chi connectivity index (χ1) is 6.77. The average Bonchev–Trinajstić information content (AvgIpc) is 2.17. The van der Waals surface area contributed by atoms with Crippen LogP contribution in [0.1, 0.15) is 0 Å². The van der Waals surface area contributed by atoms with Crippen LogP contribution in [0.4, 0.5) is 10.1 Å². The molecule has 0 bridgehead atoms. The smallest absolute Gasteiger partial charge is 0.214 e. The van der Waals surface area contributed by atoms with E-state index in [9.17, 15) is 4.39 Å². The number of pyridine rings is 1. The Morgan fingerprint density at radius 1 is 1.36 bits per heavy atom. The van der Waals surface area contributed by atoms with Crippen molar-refractivity contribution in [1.82, 2.24) is 4.98 Å². The van der Waals surface area contributed by atoms with Crippen molar-refractivity contribution in [3.8, 4) is 0 Å². The summed E-state index contributed by atoms with van der Waals surface area (Å²) in [6.07, 6.45) is 4.98. The van der Waals surface area contributed by atoms with Gasteiger partial charge in [0.15, 0.2) is 0 Å². The van der Waals surface area contributed by atoms with Gasteiger partial charge in [-0.1, -0.05) is 12.2 Å². The lowest BCUT2D eigenvalue weighted by atomic mass is 10.3. The van der Waals surface area contributed by atoms with Gasteiger partial charge in [-0.25, -0.2) is 4.98 Å². The van der Waals surface area contributed by atoms with Crippen molar-refractivity contribution < 1.29 is 4.39 Å². The number of aromatic nitrogens is 1. The average molecular weight is 192 g/mol. The second-order valence-corrected chi connectivity index (χ2v) is 2.82. The van der Waals surface area contributed by atoms with Crippen molar-refractivity contribution in [2.45, 2.75) is 0 Å². The van der Waals surface area contributed by atoms with Crippen molar-refractivity contribution in [2.75, 3.05) is 18.0 Å². The Hall–Kier alpha value is -1.64. The van der Waals surface area contributed by atoms with Crippen LogP contribution >= 0.6 is 0 Å². The Kier molecular flexibility index (Phi) is 3.85. The Labute approximate surface area is 83.4 Å². The third-order valence-corrected chi connectivity index (χ3v) is 1.77. The van der Waals surface area contributed by atoms with E-state index in [1.165, 1.54) is 12.3 Å². The molecule has 0 amide bonds. The molecule has 74 valence electrons. The van der Waals surface area contributed by atoms with Crippen LogP contribution < -0.4 is 4.90 Å². The van der Waals surface area contributed by atoms with Gasteiger partial charge in [-0.15, -0.1) is 13.2 Å². The van der Waals surface area contributed by atoms with Crippen LogP contribution in [-0.2, 0) is 0 Å². The highest BCUT2D eigenvalue weighted by Gasteiger charge is 2.03. The molecule has 1 heterocycles. The number of hydrogen-bond donors (Lipinski definition) is 0. The number of nitrogens with zero attached hydrogens (tertiary/aromatic N) is 2. The van der Waals surface area contributed by atoms with Crippen molar-refractivity contribution >= 4 is 5.69 Å². The maximum Gasteiger partial charge on any atom is 0.214 e. The molecule has 0 aliphatic heterocycles. The maximum absolute atomic E-state index is 12.8. The van der Waals surface area contributed by atoms with Crippen LogP contribution in [0.25, 0.3) is 0 Å². The lowest BCUT2D eigenvalue weighted by molar-refractivity contribution is 0.583. The Morgan fingerprint density at radius 3 is 2.50 bits per heavy atom. The van der Waals surface area contributed by atoms with Gasteiger partial charge in [-0.2, -0.15) is 4.39 Å². The molecule has 1 aromatic rings. The summed E-state index contributed by atoms with van der Waals surface area (Å²) >= 11 is 0. The van der Waals surface area contributed by atoms with E-state index in [-0.39, 0.29) is 0 Å². The molecule has 2 nitrogen and oxygen atoms in total. The highest BCUT2D eigenvalue weighted by molar-refractivity contribution is 5.46. The van der Waals surface area contributed by atoms with Gasteiger partial charge < -0.3 is 4.90 Å². The first kappa shape index (κ1) is 10.4. The molecular formula is C11H13FN2. The minimum absolute atomic E-state index is 0.472. The molecule has 1 aromatic heterocycles. The lowest BCUT2D eigenvalue weighted by Crippen LogP contribution is -2.23. The van der Waals surface area contributed by atoms with Gasteiger partial charge in [-0.3, -0.25) is 0 Å². The largest absolute Gasteiger partial charge is 0.364 e. The summed E-state index contributed by atoms with van der Waals surface area (Å²) in [5.74, 6) is -0.472. The van der Waals surface area contributed by atoms with E-state index >= 15 is 0 Å². The molecule has 3 heteroatoms. The number of hydrogen-bond acceptors (Lipinski definition) is 2. The molecule has 0 aliphatic carbocycles. The summed E-state index contributed by atoms with van der Waals surface area (Å²) < 4.78 is 12.8. The van der Waals surface area contributed by atoms with E-state index in [1.54, 1.807) is 18.2 Å². The second-order valence-electron chi connectivity index (χ2n) is 2.82. The molecule has 1 rings (SSSR count). The second kappa shape index (κ2) is 5.17. The predicted octanol–water partition coefficient (Wildman–Crippen LogP) is 2.40. The molecule has 0 spiro atoms. The van der Waals surface area contributed by atoms with E-state index in [0.717, 1.165) is 5.69 Å². The van der Waals surface area contributed by atoms with Gasteiger partial charge in [0.05, 0.1) is 0 Å². The summed E-state index contributed by atoms with van der Waals surface area (Å²) in [6, 6.07) is 3.16.